The molecule has 1 aromatic heterocycles. The summed E-state index contributed by atoms with van der Waals surface area (Å²) in [6.45, 7) is 0. The summed E-state index contributed by atoms with van der Waals surface area (Å²) < 4.78 is 27.9. The fraction of sp³-hybridized carbons (Fsp3) is 0. The first-order valence-corrected chi connectivity index (χ1v) is 6.41. The Kier molecular flexibility index (Phi) is 3.95. The predicted octanol–water partition coefficient (Wildman–Crippen LogP) is 3.29. The van der Waals surface area contributed by atoms with Crippen molar-refractivity contribution in [1.82, 2.24) is 0 Å². The van der Waals surface area contributed by atoms with E-state index in [9.17, 15) is 18.9 Å². The smallest absolute Gasteiger partial charge is 0.305 e. The van der Waals surface area contributed by atoms with E-state index in [2.05, 4.69) is 0 Å². The van der Waals surface area contributed by atoms with Crippen molar-refractivity contribution < 1.29 is 13.7 Å². The van der Waals surface area contributed by atoms with Gasteiger partial charge in [0.15, 0.2) is 0 Å². The number of halogens is 2. The molecule has 8 heteroatoms. The molecule has 0 aliphatic carbocycles. The number of hydrogen-bond acceptors (Lipinski definition) is 5. The number of nitrogens with zero attached hydrogens (tertiary/aromatic N) is 2. The number of nitro benzene ring substituents is 1. The van der Waals surface area contributed by atoms with Crippen molar-refractivity contribution in [2.24, 2.45) is 5.73 Å². The SMILES string of the molecule is N#C/C(=C(/N)c1c(F)ccc([N+](=O)[O-])c1F)c1cccs1. The van der Waals surface area contributed by atoms with E-state index in [0.717, 1.165) is 17.4 Å². The van der Waals surface area contributed by atoms with Gasteiger partial charge in [0.2, 0.25) is 5.82 Å². The van der Waals surface area contributed by atoms with Crippen LogP contribution < -0.4 is 5.73 Å². The van der Waals surface area contributed by atoms with E-state index in [1.165, 1.54) is 0 Å². The maximum Gasteiger partial charge on any atom is 0.305 e. The van der Waals surface area contributed by atoms with Crippen molar-refractivity contribution in [2.75, 3.05) is 0 Å². The second-order valence-electron chi connectivity index (χ2n) is 3.89. The Balaban J connectivity index is 2.74. The lowest BCUT2D eigenvalue weighted by molar-refractivity contribution is -0.387. The molecule has 106 valence electrons. The minimum atomic E-state index is -1.40. The molecule has 21 heavy (non-hydrogen) atoms. The largest absolute Gasteiger partial charge is 0.397 e. The lowest BCUT2D eigenvalue weighted by atomic mass is 10.0. The van der Waals surface area contributed by atoms with Gasteiger partial charge in [0.05, 0.1) is 21.8 Å². The molecule has 0 bridgehead atoms. The lowest BCUT2D eigenvalue weighted by Crippen LogP contribution is -2.07. The summed E-state index contributed by atoms with van der Waals surface area (Å²) in [7, 11) is 0. The van der Waals surface area contributed by atoms with Crippen LogP contribution in [0.25, 0.3) is 11.3 Å². The van der Waals surface area contributed by atoms with Crippen molar-refractivity contribution in [3.8, 4) is 6.07 Å². The Morgan fingerprint density at radius 2 is 2.10 bits per heavy atom. The number of benzene rings is 1. The summed E-state index contributed by atoms with van der Waals surface area (Å²) >= 11 is 1.16. The second-order valence-corrected chi connectivity index (χ2v) is 4.84. The molecule has 5 nitrogen and oxygen atoms in total. The molecule has 1 heterocycles. The van der Waals surface area contributed by atoms with Crippen molar-refractivity contribution in [3.63, 3.8) is 0 Å². The summed E-state index contributed by atoms with van der Waals surface area (Å²) in [6, 6.07) is 6.42. The van der Waals surface area contributed by atoms with Gasteiger partial charge in [0.25, 0.3) is 0 Å². The third-order valence-electron chi connectivity index (χ3n) is 2.69. The van der Waals surface area contributed by atoms with Gasteiger partial charge in [-0.3, -0.25) is 10.1 Å². The van der Waals surface area contributed by atoms with E-state index in [1.54, 1.807) is 23.6 Å². The number of nitrogens with two attached hydrogens (primary N) is 1. The molecule has 2 rings (SSSR count). The minimum absolute atomic E-state index is 0.136. The van der Waals surface area contributed by atoms with E-state index in [1.807, 2.05) is 0 Å². The normalized spacial score (nSPS) is 11.7. The molecule has 2 N–H and O–H groups in total. The van der Waals surface area contributed by atoms with Crippen LogP contribution in [0, 0.1) is 33.1 Å². The van der Waals surface area contributed by atoms with Gasteiger partial charge in [-0.25, -0.2) is 4.39 Å². The number of nitriles is 1. The Morgan fingerprint density at radius 1 is 1.38 bits per heavy atom. The Bertz CT molecular complexity index is 779. The van der Waals surface area contributed by atoms with Crippen molar-refractivity contribution in [3.05, 3.63) is 61.8 Å². The first kappa shape index (κ1) is 14.6. The van der Waals surface area contributed by atoms with E-state index in [4.69, 9.17) is 11.0 Å². The molecule has 0 atom stereocenters. The molecule has 2 aromatic rings. The monoisotopic (exact) mass is 307 g/mol. The van der Waals surface area contributed by atoms with Crippen LogP contribution in [0.3, 0.4) is 0 Å². The van der Waals surface area contributed by atoms with Crippen LogP contribution in [0.15, 0.2) is 29.6 Å². The van der Waals surface area contributed by atoms with Crippen molar-refractivity contribution in [1.29, 1.82) is 5.26 Å². The molecule has 1 aromatic carbocycles. The van der Waals surface area contributed by atoms with Crippen LogP contribution in [0.2, 0.25) is 0 Å². The van der Waals surface area contributed by atoms with E-state index < -0.39 is 33.5 Å². The first-order valence-electron chi connectivity index (χ1n) is 5.53. The second kappa shape index (κ2) is 5.68. The number of thiophene rings is 1. The maximum absolute atomic E-state index is 14.1. The molecule has 0 saturated carbocycles. The molecule has 0 fully saturated rings. The van der Waals surface area contributed by atoms with Crippen molar-refractivity contribution >= 4 is 28.3 Å². The zero-order valence-corrected chi connectivity index (χ0v) is 11.2. The van der Waals surface area contributed by atoms with Gasteiger partial charge in [-0.1, -0.05) is 6.07 Å². The highest BCUT2D eigenvalue weighted by atomic mass is 32.1. The molecule has 0 spiro atoms. The van der Waals surface area contributed by atoms with Gasteiger partial charge in [0, 0.05) is 10.9 Å². The fourth-order valence-corrected chi connectivity index (χ4v) is 2.46. The highest BCUT2D eigenvalue weighted by Crippen LogP contribution is 2.31. The summed E-state index contributed by atoms with van der Waals surface area (Å²) in [4.78, 5) is 10.1. The van der Waals surface area contributed by atoms with E-state index in [0.29, 0.717) is 10.9 Å². The average Bonchev–Trinajstić information content (AvgIpc) is 2.93. The van der Waals surface area contributed by atoms with Crippen LogP contribution in [0.1, 0.15) is 10.4 Å². The Labute approximate surface area is 121 Å². The van der Waals surface area contributed by atoms with Gasteiger partial charge >= 0.3 is 5.69 Å². The van der Waals surface area contributed by atoms with Gasteiger partial charge in [-0.15, -0.1) is 11.3 Å². The molecule has 0 aliphatic heterocycles. The molecular weight excluding hydrogens is 300 g/mol. The highest BCUT2D eigenvalue weighted by molar-refractivity contribution is 7.11. The van der Waals surface area contributed by atoms with Crippen LogP contribution in [-0.4, -0.2) is 4.92 Å². The number of rotatable bonds is 3. The molecule has 0 radical (unpaired) electrons. The number of hydrogen-bond donors (Lipinski definition) is 1. The maximum atomic E-state index is 14.1. The predicted molar refractivity (Wildman–Crippen MR) is 73.9 cm³/mol. The van der Waals surface area contributed by atoms with Crippen molar-refractivity contribution in [2.45, 2.75) is 0 Å². The molecule has 0 unspecified atom stereocenters. The van der Waals surface area contributed by atoms with Crippen LogP contribution in [0.4, 0.5) is 14.5 Å². The van der Waals surface area contributed by atoms with Crippen LogP contribution >= 0.6 is 11.3 Å². The van der Waals surface area contributed by atoms with Crippen LogP contribution in [-0.2, 0) is 0 Å². The van der Waals surface area contributed by atoms with Gasteiger partial charge in [-0.05, 0) is 17.5 Å². The van der Waals surface area contributed by atoms with Crippen LogP contribution in [0.5, 0.6) is 0 Å². The van der Waals surface area contributed by atoms with Gasteiger partial charge in [-0.2, -0.15) is 9.65 Å². The zero-order valence-electron chi connectivity index (χ0n) is 10.3. The fourth-order valence-electron chi connectivity index (χ4n) is 1.72. The molecule has 0 saturated heterocycles. The van der Waals surface area contributed by atoms with Gasteiger partial charge < -0.3 is 5.73 Å². The topological polar surface area (TPSA) is 93.0 Å². The van der Waals surface area contributed by atoms with Gasteiger partial charge in [0.1, 0.15) is 11.9 Å². The average molecular weight is 307 g/mol. The zero-order chi connectivity index (χ0) is 15.6. The highest BCUT2D eigenvalue weighted by Gasteiger charge is 2.25. The number of nitro groups is 1. The minimum Gasteiger partial charge on any atom is -0.397 e. The summed E-state index contributed by atoms with van der Waals surface area (Å²) in [6.07, 6.45) is 0. The third kappa shape index (κ3) is 2.59. The standard InChI is InChI=1S/C13H7F2N3O2S/c14-8-3-4-9(18(19)20)12(15)11(8)13(17)7(6-16)10-2-1-5-21-10/h1-5H,17H2/b13-7-. The summed E-state index contributed by atoms with van der Waals surface area (Å²) in [5.41, 5.74) is 3.39. The summed E-state index contributed by atoms with van der Waals surface area (Å²) in [5, 5.41) is 21.5. The van der Waals surface area contributed by atoms with E-state index >= 15 is 0 Å². The number of allylic oxidation sites excluding steroid dienone is 1. The Morgan fingerprint density at radius 3 is 2.62 bits per heavy atom. The first-order chi connectivity index (χ1) is 9.97. The molecule has 0 amide bonds. The molecule has 0 aliphatic rings. The summed E-state index contributed by atoms with van der Waals surface area (Å²) in [5.74, 6) is -2.47. The Hall–Kier alpha value is -2.79. The van der Waals surface area contributed by atoms with E-state index in [-0.39, 0.29) is 5.57 Å². The lowest BCUT2D eigenvalue weighted by Gasteiger charge is -2.07. The quantitative estimate of drug-likeness (QED) is 0.535. The molecular formula is C13H7F2N3O2S. The third-order valence-corrected chi connectivity index (χ3v) is 3.57.